The lowest BCUT2D eigenvalue weighted by Gasteiger charge is -2.16. The van der Waals surface area contributed by atoms with Gasteiger partial charge in [0.1, 0.15) is 5.76 Å². The number of hydrogen-bond acceptors (Lipinski definition) is 3. The molecule has 3 aromatic rings. The monoisotopic (exact) mass is 280 g/mol. The highest BCUT2D eigenvalue weighted by Crippen LogP contribution is 2.19. The van der Waals surface area contributed by atoms with Crippen LogP contribution >= 0.6 is 0 Å². The van der Waals surface area contributed by atoms with Crippen LogP contribution < -0.4 is 0 Å². The third-order valence-corrected chi connectivity index (χ3v) is 3.91. The molecule has 0 N–H and O–H groups in total. The molecule has 0 unspecified atom stereocenters. The zero-order valence-corrected chi connectivity index (χ0v) is 12.5. The molecule has 3 heteroatoms. The molecule has 3 nitrogen and oxygen atoms in total. The maximum absolute atomic E-state index is 5.25. The van der Waals surface area contributed by atoms with Gasteiger partial charge in [-0.1, -0.05) is 42.5 Å². The molecule has 0 aliphatic heterocycles. The molecular formula is C18H20N2O. The highest BCUT2D eigenvalue weighted by molar-refractivity contribution is 5.85. The molecule has 108 valence electrons. The van der Waals surface area contributed by atoms with Crippen LogP contribution in [0.5, 0.6) is 0 Å². The highest BCUT2D eigenvalue weighted by Gasteiger charge is 2.08. The minimum absolute atomic E-state index is 0.826. The minimum atomic E-state index is 0.826. The Morgan fingerprint density at radius 2 is 1.90 bits per heavy atom. The number of rotatable bonds is 5. The molecule has 0 radical (unpaired) electrons. The Labute approximate surface area is 125 Å². The van der Waals surface area contributed by atoms with Crippen molar-refractivity contribution < 1.29 is 4.42 Å². The molecule has 3 rings (SSSR count). The van der Waals surface area contributed by atoms with Gasteiger partial charge in [-0.25, -0.2) is 4.98 Å². The summed E-state index contributed by atoms with van der Waals surface area (Å²) in [7, 11) is 2.12. The first-order chi connectivity index (χ1) is 10.2. The first-order valence-corrected chi connectivity index (χ1v) is 7.28. The van der Waals surface area contributed by atoms with Crippen molar-refractivity contribution >= 4 is 10.8 Å². The van der Waals surface area contributed by atoms with E-state index in [9.17, 15) is 0 Å². The maximum Gasteiger partial charge on any atom is 0.181 e. The zero-order valence-electron chi connectivity index (χ0n) is 12.5. The summed E-state index contributed by atoms with van der Waals surface area (Å²) < 4.78 is 5.25. The highest BCUT2D eigenvalue weighted by atomic mass is 16.3. The van der Waals surface area contributed by atoms with E-state index in [4.69, 9.17) is 4.42 Å². The summed E-state index contributed by atoms with van der Waals surface area (Å²) in [5.74, 6) is 0.909. The van der Waals surface area contributed by atoms with Crippen molar-refractivity contribution in [3.8, 4) is 0 Å². The first-order valence-electron chi connectivity index (χ1n) is 7.28. The van der Waals surface area contributed by atoms with Gasteiger partial charge in [0, 0.05) is 13.1 Å². The third kappa shape index (κ3) is 3.14. The van der Waals surface area contributed by atoms with Crippen molar-refractivity contribution in [2.24, 2.45) is 0 Å². The Morgan fingerprint density at radius 1 is 1.10 bits per heavy atom. The zero-order chi connectivity index (χ0) is 14.7. The SMILES string of the molecule is Cc1ocnc1CN(C)CCc1cccc2ccccc12. The van der Waals surface area contributed by atoms with E-state index in [2.05, 4.69) is 59.4 Å². The van der Waals surface area contributed by atoms with Gasteiger partial charge in [-0.3, -0.25) is 0 Å². The van der Waals surface area contributed by atoms with Gasteiger partial charge in [-0.2, -0.15) is 0 Å². The van der Waals surface area contributed by atoms with Crippen LogP contribution in [0.4, 0.5) is 0 Å². The van der Waals surface area contributed by atoms with Gasteiger partial charge in [-0.05, 0) is 36.7 Å². The van der Waals surface area contributed by atoms with Crippen LogP contribution in [0, 0.1) is 6.92 Å². The van der Waals surface area contributed by atoms with E-state index in [1.54, 1.807) is 0 Å². The van der Waals surface area contributed by atoms with Crippen molar-refractivity contribution in [1.29, 1.82) is 0 Å². The van der Waals surface area contributed by atoms with Crippen LogP contribution in [0.15, 0.2) is 53.3 Å². The Bertz CT molecular complexity index is 727. The van der Waals surface area contributed by atoms with E-state index in [0.717, 1.165) is 31.0 Å². The fraction of sp³-hybridized carbons (Fsp3) is 0.278. The van der Waals surface area contributed by atoms with Crippen molar-refractivity contribution in [2.75, 3.05) is 13.6 Å². The van der Waals surface area contributed by atoms with E-state index < -0.39 is 0 Å². The quantitative estimate of drug-likeness (QED) is 0.711. The molecule has 0 spiro atoms. The van der Waals surface area contributed by atoms with Gasteiger partial charge in [-0.15, -0.1) is 0 Å². The number of aryl methyl sites for hydroxylation is 1. The molecule has 0 atom stereocenters. The van der Waals surface area contributed by atoms with Crippen molar-refractivity contribution in [3.63, 3.8) is 0 Å². The molecule has 0 aliphatic rings. The average molecular weight is 280 g/mol. The number of nitrogens with zero attached hydrogens (tertiary/aromatic N) is 2. The summed E-state index contributed by atoms with van der Waals surface area (Å²) in [4.78, 5) is 6.54. The Morgan fingerprint density at radius 3 is 2.71 bits per heavy atom. The largest absolute Gasteiger partial charge is 0.448 e. The van der Waals surface area contributed by atoms with Gasteiger partial charge in [0.15, 0.2) is 6.39 Å². The second-order valence-corrected chi connectivity index (χ2v) is 5.48. The number of aromatic nitrogens is 1. The fourth-order valence-electron chi connectivity index (χ4n) is 2.64. The molecule has 0 aliphatic carbocycles. The second-order valence-electron chi connectivity index (χ2n) is 5.48. The van der Waals surface area contributed by atoms with E-state index in [-0.39, 0.29) is 0 Å². The number of likely N-dealkylation sites (N-methyl/N-ethyl adjacent to an activating group) is 1. The van der Waals surface area contributed by atoms with Crippen molar-refractivity contribution in [1.82, 2.24) is 9.88 Å². The topological polar surface area (TPSA) is 29.3 Å². The summed E-state index contributed by atoms with van der Waals surface area (Å²) >= 11 is 0. The van der Waals surface area contributed by atoms with Gasteiger partial charge >= 0.3 is 0 Å². The molecule has 0 saturated carbocycles. The lowest BCUT2D eigenvalue weighted by molar-refractivity contribution is 0.325. The average Bonchev–Trinajstić information content (AvgIpc) is 2.90. The lowest BCUT2D eigenvalue weighted by Crippen LogP contribution is -2.21. The maximum atomic E-state index is 5.25. The van der Waals surface area contributed by atoms with Crippen LogP contribution in [-0.4, -0.2) is 23.5 Å². The van der Waals surface area contributed by atoms with Crippen LogP contribution in [-0.2, 0) is 13.0 Å². The summed E-state index contributed by atoms with van der Waals surface area (Å²) in [5.41, 5.74) is 2.42. The smallest absolute Gasteiger partial charge is 0.181 e. The summed E-state index contributed by atoms with van der Waals surface area (Å²) in [6, 6.07) is 15.1. The predicted molar refractivity (Wildman–Crippen MR) is 85.2 cm³/mol. The van der Waals surface area contributed by atoms with Gasteiger partial charge in [0.25, 0.3) is 0 Å². The number of hydrogen-bond donors (Lipinski definition) is 0. The summed E-state index contributed by atoms with van der Waals surface area (Å²) in [6.45, 7) is 3.79. The summed E-state index contributed by atoms with van der Waals surface area (Å²) in [6.07, 6.45) is 2.55. The molecule has 0 bridgehead atoms. The Kier molecular flexibility index (Phi) is 4.02. The molecule has 21 heavy (non-hydrogen) atoms. The van der Waals surface area contributed by atoms with Crippen LogP contribution in [0.3, 0.4) is 0 Å². The fourth-order valence-corrected chi connectivity index (χ4v) is 2.64. The number of benzene rings is 2. The third-order valence-electron chi connectivity index (χ3n) is 3.91. The van der Waals surface area contributed by atoms with Crippen molar-refractivity contribution in [2.45, 2.75) is 19.9 Å². The first kappa shape index (κ1) is 13.8. The Hall–Kier alpha value is -2.13. The minimum Gasteiger partial charge on any atom is -0.448 e. The Balaban J connectivity index is 1.68. The van der Waals surface area contributed by atoms with E-state index in [0.29, 0.717) is 0 Å². The van der Waals surface area contributed by atoms with Gasteiger partial charge in [0.2, 0.25) is 0 Å². The molecule has 0 amide bonds. The summed E-state index contributed by atoms with van der Waals surface area (Å²) in [5, 5.41) is 2.66. The predicted octanol–water partition coefficient (Wildman–Crippen LogP) is 3.81. The molecule has 0 fully saturated rings. The molecule has 1 heterocycles. The van der Waals surface area contributed by atoms with E-state index in [1.807, 2.05) is 6.92 Å². The molecular weight excluding hydrogens is 260 g/mol. The lowest BCUT2D eigenvalue weighted by atomic mass is 10.0. The molecule has 0 saturated heterocycles. The van der Waals surface area contributed by atoms with Gasteiger partial charge in [0.05, 0.1) is 5.69 Å². The number of oxazole rings is 1. The van der Waals surface area contributed by atoms with E-state index in [1.165, 1.54) is 22.7 Å². The van der Waals surface area contributed by atoms with Crippen molar-refractivity contribution in [3.05, 3.63) is 65.9 Å². The standard InChI is InChI=1S/C18H20N2O/c1-14-18(19-13-21-14)12-20(2)11-10-16-8-5-7-15-6-3-4-9-17(15)16/h3-9,13H,10-12H2,1-2H3. The molecule has 1 aromatic heterocycles. The second kappa shape index (κ2) is 6.10. The van der Waals surface area contributed by atoms with Crippen LogP contribution in [0.1, 0.15) is 17.0 Å². The number of fused-ring (bicyclic) bond motifs is 1. The van der Waals surface area contributed by atoms with Crippen LogP contribution in [0.2, 0.25) is 0 Å². The van der Waals surface area contributed by atoms with Gasteiger partial charge < -0.3 is 9.32 Å². The van der Waals surface area contributed by atoms with Crippen LogP contribution in [0.25, 0.3) is 10.8 Å². The van der Waals surface area contributed by atoms with E-state index >= 15 is 0 Å². The normalized spacial score (nSPS) is 11.4. The molecule has 2 aromatic carbocycles.